The molecule has 1 saturated carbocycles. The summed E-state index contributed by atoms with van der Waals surface area (Å²) in [4.78, 5) is 0. The van der Waals surface area contributed by atoms with Gasteiger partial charge in [-0.1, -0.05) is 40.5 Å². The maximum Gasteiger partial charge on any atom is -0.0106 e. The second-order valence-corrected chi connectivity index (χ2v) is 4.97. The quantitative estimate of drug-likeness (QED) is 0.579. The Labute approximate surface area is 77.7 Å². The van der Waals surface area contributed by atoms with Crippen LogP contribution in [0, 0.1) is 17.3 Å². The molecule has 1 aliphatic carbocycles. The van der Waals surface area contributed by atoms with E-state index >= 15 is 0 Å². The molecule has 1 atom stereocenters. The van der Waals surface area contributed by atoms with Crippen LogP contribution >= 0.6 is 0 Å². The molecular formula is C12H22. The molecule has 0 spiro atoms. The van der Waals surface area contributed by atoms with Gasteiger partial charge in [0.05, 0.1) is 0 Å². The monoisotopic (exact) mass is 166 g/mol. The van der Waals surface area contributed by atoms with Gasteiger partial charge in [-0.2, -0.15) is 0 Å². The van der Waals surface area contributed by atoms with E-state index in [1.165, 1.54) is 32.1 Å². The topological polar surface area (TPSA) is 0 Å². The van der Waals surface area contributed by atoms with E-state index in [9.17, 15) is 0 Å². The van der Waals surface area contributed by atoms with Crippen molar-refractivity contribution in [3.05, 3.63) is 6.42 Å². The van der Waals surface area contributed by atoms with Gasteiger partial charge in [-0.3, -0.25) is 0 Å². The molecule has 0 amide bonds. The van der Waals surface area contributed by atoms with Gasteiger partial charge in [0, 0.05) is 0 Å². The highest BCUT2D eigenvalue weighted by Crippen LogP contribution is 2.51. The molecule has 1 aliphatic rings. The average molecular weight is 166 g/mol. The van der Waals surface area contributed by atoms with Crippen LogP contribution in [0.5, 0.6) is 0 Å². The Balaban J connectivity index is 2.69. The van der Waals surface area contributed by atoms with Gasteiger partial charge in [-0.15, -0.1) is 0 Å². The summed E-state index contributed by atoms with van der Waals surface area (Å²) in [5.41, 5.74) is 0.848. The molecule has 1 unspecified atom stereocenters. The van der Waals surface area contributed by atoms with E-state index < -0.39 is 0 Å². The normalized spacial score (nSPS) is 35.0. The Kier molecular flexibility index (Phi) is 2.85. The first-order valence-corrected chi connectivity index (χ1v) is 5.27. The molecule has 0 heteroatoms. The third-order valence-corrected chi connectivity index (χ3v) is 3.78. The minimum Gasteiger partial charge on any atom is -0.0654 e. The Hall–Kier alpha value is 0. The zero-order chi connectivity index (χ0) is 9.24. The number of rotatable bonds is 2. The van der Waals surface area contributed by atoms with Crippen LogP contribution in [-0.4, -0.2) is 0 Å². The molecule has 1 rings (SSSR count). The fraction of sp³-hybridized carbons (Fsp3) is 0.917. The van der Waals surface area contributed by atoms with Gasteiger partial charge < -0.3 is 0 Å². The van der Waals surface area contributed by atoms with Gasteiger partial charge in [0.15, 0.2) is 0 Å². The fourth-order valence-corrected chi connectivity index (χ4v) is 2.39. The molecule has 0 heterocycles. The van der Waals surface area contributed by atoms with Crippen LogP contribution in [0.25, 0.3) is 0 Å². The smallest absolute Gasteiger partial charge is 0.0106 e. The third kappa shape index (κ3) is 1.67. The van der Waals surface area contributed by atoms with Crippen LogP contribution in [-0.2, 0) is 0 Å². The lowest BCUT2D eigenvalue weighted by Crippen LogP contribution is -2.38. The summed E-state index contributed by atoms with van der Waals surface area (Å²) in [6, 6.07) is 0. The van der Waals surface area contributed by atoms with Crippen molar-refractivity contribution in [3.8, 4) is 0 Å². The lowest BCUT2D eigenvalue weighted by Gasteiger charge is -2.48. The summed E-state index contributed by atoms with van der Waals surface area (Å²) >= 11 is 0. The van der Waals surface area contributed by atoms with Crippen molar-refractivity contribution in [2.75, 3.05) is 0 Å². The van der Waals surface area contributed by atoms with Crippen molar-refractivity contribution in [3.63, 3.8) is 0 Å². The Bertz CT molecular complexity index is 142. The van der Waals surface area contributed by atoms with E-state index in [0.29, 0.717) is 10.8 Å². The van der Waals surface area contributed by atoms with E-state index in [4.69, 9.17) is 0 Å². The lowest BCUT2D eigenvalue weighted by atomic mass is 9.57. The van der Waals surface area contributed by atoms with Crippen molar-refractivity contribution in [2.24, 2.45) is 10.8 Å². The first-order chi connectivity index (χ1) is 5.52. The van der Waals surface area contributed by atoms with Crippen LogP contribution < -0.4 is 0 Å². The Morgan fingerprint density at radius 1 is 1.25 bits per heavy atom. The summed E-state index contributed by atoms with van der Waals surface area (Å²) in [6.07, 6.45) is 10.2. The summed E-state index contributed by atoms with van der Waals surface area (Å²) in [5, 5.41) is 0. The zero-order valence-corrected chi connectivity index (χ0v) is 9.04. The highest BCUT2D eigenvalue weighted by atomic mass is 14.5. The molecule has 0 bridgehead atoms. The van der Waals surface area contributed by atoms with Gasteiger partial charge in [0.1, 0.15) is 0 Å². The Morgan fingerprint density at radius 3 is 2.42 bits per heavy atom. The fourth-order valence-electron chi connectivity index (χ4n) is 2.39. The third-order valence-electron chi connectivity index (χ3n) is 3.78. The highest BCUT2D eigenvalue weighted by Gasteiger charge is 2.41. The van der Waals surface area contributed by atoms with Gasteiger partial charge >= 0.3 is 0 Å². The molecule has 2 radical (unpaired) electrons. The standard InChI is InChI=1S/C12H22/c1-5-8-12(4)10-7-6-9-11(12,2)3/h5-8,10H2,1-4H3. The SMILES string of the molecule is CCCC1(C)CCC[C]C1(C)C. The van der Waals surface area contributed by atoms with E-state index in [1.54, 1.807) is 0 Å². The lowest BCUT2D eigenvalue weighted by molar-refractivity contribution is 0.0678. The van der Waals surface area contributed by atoms with Crippen LogP contribution in [0.3, 0.4) is 0 Å². The second kappa shape index (κ2) is 3.40. The van der Waals surface area contributed by atoms with Gasteiger partial charge in [-0.25, -0.2) is 0 Å². The molecule has 0 aliphatic heterocycles. The van der Waals surface area contributed by atoms with Crippen molar-refractivity contribution in [1.29, 1.82) is 0 Å². The maximum absolute atomic E-state index is 3.63. The highest BCUT2D eigenvalue weighted by molar-refractivity contribution is 5.01. The molecule has 12 heavy (non-hydrogen) atoms. The molecule has 0 aromatic carbocycles. The number of hydrogen-bond donors (Lipinski definition) is 0. The first-order valence-electron chi connectivity index (χ1n) is 5.27. The van der Waals surface area contributed by atoms with Crippen molar-refractivity contribution in [2.45, 2.75) is 59.8 Å². The summed E-state index contributed by atoms with van der Waals surface area (Å²) in [7, 11) is 0. The minimum atomic E-state index is 0.335. The summed E-state index contributed by atoms with van der Waals surface area (Å²) in [5.74, 6) is 0. The predicted molar refractivity (Wildman–Crippen MR) is 53.9 cm³/mol. The summed E-state index contributed by atoms with van der Waals surface area (Å²) < 4.78 is 0. The van der Waals surface area contributed by atoms with Crippen molar-refractivity contribution < 1.29 is 0 Å². The molecular weight excluding hydrogens is 144 g/mol. The van der Waals surface area contributed by atoms with Gasteiger partial charge in [-0.05, 0) is 36.5 Å². The van der Waals surface area contributed by atoms with E-state index in [2.05, 4.69) is 34.1 Å². The summed E-state index contributed by atoms with van der Waals surface area (Å²) in [6.45, 7) is 9.42. The van der Waals surface area contributed by atoms with E-state index in [-0.39, 0.29) is 0 Å². The molecule has 0 aromatic heterocycles. The van der Waals surface area contributed by atoms with Crippen molar-refractivity contribution >= 4 is 0 Å². The average Bonchev–Trinajstić information content (AvgIpc) is 1.96. The minimum absolute atomic E-state index is 0.335. The van der Waals surface area contributed by atoms with Crippen LogP contribution in [0.1, 0.15) is 59.8 Å². The van der Waals surface area contributed by atoms with Crippen molar-refractivity contribution in [1.82, 2.24) is 0 Å². The molecule has 0 saturated heterocycles. The van der Waals surface area contributed by atoms with Crippen LogP contribution in [0.15, 0.2) is 0 Å². The zero-order valence-electron chi connectivity index (χ0n) is 9.04. The molecule has 0 nitrogen and oxygen atoms in total. The molecule has 70 valence electrons. The molecule has 0 N–H and O–H groups in total. The molecule has 1 fully saturated rings. The first kappa shape index (κ1) is 10.1. The molecule has 0 aromatic rings. The van der Waals surface area contributed by atoms with E-state index in [1.807, 2.05) is 0 Å². The van der Waals surface area contributed by atoms with E-state index in [0.717, 1.165) is 0 Å². The Morgan fingerprint density at radius 2 is 1.92 bits per heavy atom. The largest absolute Gasteiger partial charge is 0.0654 e. The predicted octanol–water partition coefficient (Wildman–Crippen LogP) is 4.08. The van der Waals surface area contributed by atoms with Crippen LogP contribution in [0.2, 0.25) is 0 Å². The van der Waals surface area contributed by atoms with Gasteiger partial charge in [0.25, 0.3) is 0 Å². The number of hydrogen-bond acceptors (Lipinski definition) is 0. The van der Waals surface area contributed by atoms with Gasteiger partial charge in [0.2, 0.25) is 0 Å². The second-order valence-electron chi connectivity index (χ2n) is 4.97. The maximum atomic E-state index is 3.63. The van der Waals surface area contributed by atoms with Crippen LogP contribution in [0.4, 0.5) is 0 Å².